The van der Waals surface area contributed by atoms with Crippen LogP contribution in [0.1, 0.15) is 44.6 Å². The molecule has 1 saturated heterocycles. The third kappa shape index (κ3) is 2.63. The number of hydrogen-bond acceptors (Lipinski definition) is 5. The highest BCUT2D eigenvalue weighted by Gasteiger charge is 2.24. The largest absolute Gasteiger partial charge is 0.381 e. The summed E-state index contributed by atoms with van der Waals surface area (Å²) in [7, 11) is 1.80. The number of rotatable bonds is 3. The van der Waals surface area contributed by atoms with Crippen LogP contribution in [0.2, 0.25) is 0 Å². The molecule has 1 aliphatic heterocycles. The van der Waals surface area contributed by atoms with Gasteiger partial charge in [-0.2, -0.15) is 4.98 Å². The molecule has 7 heteroatoms. The van der Waals surface area contributed by atoms with Gasteiger partial charge in [0.2, 0.25) is 5.95 Å². The minimum Gasteiger partial charge on any atom is -0.381 e. The Morgan fingerprint density at radius 3 is 2.70 bits per heavy atom. The number of nitrogens with zero attached hydrogens (tertiary/aromatic N) is 4. The summed E-state index contributed by atoms with van der Waals surface area (Å²) >= 11 is 0. The van der Waals surface area contributed by atoms with Gasteiger partial charge in [0.05, 0.1) is 6.20 Å². The Kier molecular flexibility index (Phi) is 3.80. The van der Waals surface area contributed by atoms with Crippen molar-refractivity contribution in [2.45, 2.75) is 50.6 Å². The van der Waals surface area contributed by atoms with Gasteiger partial charge in [-0.1, -0.05) is 12.8 Å². The molecule has 0 radical (unpaired) electrons. The summed E-state index contributed by atoms with van der Waals surface area (Å²) in [5, 5.41) is 3.39. The van der Waals surface area contributed by atoms with Gasteiger partial charge in [-0.25, -0.2) is 9.78 Å². The van der Waals surface area contributed by atoms with Crippen molar-refractivity contribution >= 4 is 17.1 Å². The number of imidazole rings is 1. The molecule has 2 aromatic heterocycles. The monoisotopic (exact) mass is 317 g/mol. The Morgan fingerprint density at radius 1 is 1.22 bits per heavy atom. The first-order valence-electron chi connectivity index (χ1n) is 8.52. The Morgan fingerprint density at radius 2 is 1.96 bits per heavy atom. The standard InChI is InChI=1S/C16H23N5O2/c1-20-13-10-17-15(18-11-6-8-23-9-7-11)19-14(13)21(16(20)22)12-4-2-3-5-12/h10-12H,2-9H2,1H3,(H,17,18,19). The number of hydrogen-bond donors (Lipinski definition) is 1. The van der Waals surface area contributed by atoms with Crippen LogP contribution in [0.25, 0.3) is 11.2 Å². The van der Waals surface area contributed by atoms with E-state index < -0.39 is 0 Å². The lowest BCUT2D eigenvalue weighted by molar-refractivity contribution is 0.0903. The van der Waals surface area contributed by atoms with E-state index in [0.717, 1.165) is 50.1 Å². The van der Waals surface area contributed by atoms with Crippen molar-refractivity contribution in [1.29, 1.82) is 0 Å². The van der Waals surface area contributed by atoms with E-state index in [1.54, 1.807) is 17.8 Å². The Balaban J connectivity index is 1.71. The topological polar surface area (TPSA) is 74.0 Å². The smallest absolute Gasteiger partial charge is 0.330 e. The fourth-order valence-electron chi connectivity index (χ4n) is 3.72. The number of anilines is 1. The molecule has 0 atom stereocenters. The molecule has 23 heavy (non-hydrogen) atoms. The van der Waals surface area contributed by atoms with Gasteiger partial charge in [0, 0.05) is 32.3 Å². The molecular formula is C16H23N5O2. The van der Waals surface area contributed by atoms with E-state index in [9.17, 15) is 4.79 Å². The van der Waals surface area contributed by atoms with Crippen molar-refractivity contribution in [3.8, 4) is 0 Å². The predicted octanol–water partition coefficient (Wildman–Crippen LogP) is 1.84. The van der Waals surface area contributed by atoms with E-state index in [0.29, 0.717) is 12.0 Å². The highest BCUT2D eigenvalue weighted by molar-refractivity contribution is 5.72. The molecule has 4 rings (SSSR count). The summed E-state index contributed by atoms with van der Waals surface area (Å²) < 4.78 is 8.92. The zero-order valence-corrected chi connectivity index (χ0v) is 13.5. The molecule has 2 fully saturated rings. The lowest BCUT2D eigenvalue weighted by Crippen LogP contribution is -2.28. The first kappa shape index (κ1) is 14.7. The van der Waals surface area contributed by atoms with Crippen LogP contribution in [-0.4, -0.2) is 38.4 Å². The molecule has 1 saturated carbocycles. The lowest BCUT2D eigenvalue weighted by Gasteiger charge is -2.23. The molecule has 0 bridgehead atoms. The summed E-state index contributed by atoms with van der Waals surface area (Å²) in [6.45, 7) is 1.55. The first-order chi connectivity index (χ1) is 11.2. The van der Waals surface area contributed by atoms with Crippen molar-refractivity contribution in [1.82, 2.24) is 19.1 Å². The van der Waals surface area contributed by atoms with Crippen molar-refractivity contribution in [2.75, 3.05) is 18.5 Å². The first-order valence-corrected chi connectivity index (χ1v) is 8.52. The summed E-state index contributed by atoms with van der Waals surface area (Å²) in [5.41, 5.74) is 1.58. The summed E-state index contributed by atoms with van der Waals surface area (Å²) in [4.78, 5) is 21.7. The van der Waals surface area contributed by atoms with Gasteiger partial charge in [0.15, 0.2) is 5.65 Å². The minimum atomic E-state index is 0.0180. The van der Waals surface area contributed by atoms with Gasteiger partial charge in [-0.3, -0.25) is 9.13 Å². The maximum Gasteiger partial charge on any atom is 0.330 e. The maximum atomic E-state index is 12.6. The van der Waals surface area contributed by atoms with E-state index in [1.165, 1.54) is 12.8 Å². The van der Waals surface area contributed by atoms with E-state index in [-0.39, 0.29) is 11.7 Å². The fourth-order valence-corrected chi connectivity index (χ4v) is 3.72. The molecule has 7 nitrogen and oxygen atoms in total. The molecule has 0 amide bonds. The van der Waals surface area contributed by atoms with E-state index in [2.05, 4.69) is 15.3 Å². The molecule has 1 N–H and O–H groups in total. The summed E-state index contributed by atoms with van der Waals surface area (Å²) in [6, 6.07) is 0.619. The van der Waals surface area contributed by atoms with Crippen molar-refractivity contribution in [3.05, 3.63) is 16.7 Å². The number of fused-ring (bicyclic) bond motifs is 1. The van der Waals surface area contributed by atoms with Gasteiger partial charge in [0.1, 0.15) is 5.52 Å². The van der Waals surface area contributed by atoms with Gasteiger partial charge in [-0.15, -0.1) is 0 Å². The Hall–Kier alpha value is -1.89. The third-order valence-electron chi connectivity index (χ3n) is 5.08. The van der Waals surface area contributed by atoms with Crippen LogP contribution in [0.3, 0.4) is 0 Å². The molecule has 2 aliphatic rings. The van der Waals surface area contributed by atoms with Gasteiger partial charge in [0.25, 0.3) is 0 Å². The van der Waals surface area contributed by atoms with Gasteiger partial charge >= 0.3 is 5.69 Å². The summed E-state index contributed by atoms with van der Waals surface area (Å²) in [5.74, 6) is 0.613. The third-order valence-corrected chi connectivity index (χ3v) is 5.08. The number of ether oxygens (including phenoxy) is 1. The van der Waals surface area contributed by atoms with Crippen molar-refractivity contribution < 1.29 is 4.74 Å². The Labute approximate surface area is 134 Å². The molecule has 0 spiro atoms. The quantitative estimate of drug-likeness (QED) is 0.935. The Bertz CT molecular complexity index is 754. The molecule has 2 aromatic rings. The number of aryl methyl sites for hydroxylation is 1. The van der Waals surface area contributed by atoms with Crippen molar-refractivity contribution in [3.63, 3.8) is 0 Å². The zero-order chi connectivity index (χ0) is 15.8. The fraction of sp³-hybridized carbons (Fsp3) is 0.688. The van der Waals surface area contributed by atoms with Crippen LogP contribution in [0, 0.1) is 0 Å². The van der Waals surface area contributed by atoms with Crippen LogP contribution in [0.15, 0.2) is 11.0 Å². The molecule has 3 heterocycles. The highest BCUT2D eigenvalue weighted by atomic mass is 16.5. The number of aromatic nitrogens is 4. The summed E-state index contributed by atoms with van der Waals surface area (Å²) in [6.07, 6.45) is 8.18. The average molecular weight is 317 g/mol. The SMILES string of the molecule is Cn1c(=O)n(C2CCCC2)c2nc(NC3CCOCC3)ncc21. The van der Waals surface area contributed by atoms with Crippen LogP contribution in [0.5, 0.6) is 0 Å². The maximum absolute atomic E-state index is 12.6. The van der Waals surface area contributed by atoms with Gasteiger partial charge < -0.3 is 10.1 Å². The van der Waals surface area contributed by atoms with Crippen molar-refractivity contribution in [2.24, 2.45) is 7.05 Å². The minimum absolute atomic E-state index is 0.0180. The second-order valence-electron chi connectivity index (χ2n) is 6.58. The van der Waals surface area contributed by atoms with E-state index in [1.807, 2.05) is 4.57 Å². The second-order valence-corrected chi connectivity index (χ2v) is 6.58. The molecular weight excluding hydrogens is 294 g/mol. The molecule has 1 aliphatic carbocycles. The highest BCUT2D eigenvalue weighted by Crippen LogP contribution is 2.30. The predicted molar refractivity (Wildman–Crippen MR) is 87.7 cm³/mol. The normalized spacial score (nSPS) is 20.4. The van der Waals surface area contributed by atoms with E-state index >= 15 is 0 Å². The molecule has 0 aromatic carbocycles. The van der Waals surface area contributed by atoms with Crippen LogP contribution < -0.4 is 11.0 Å². The lowest BCUT2D eigenvalue weighted by atomic mass is 10.1. The zero-order valence-electron chi connectivity index (χ0n) is 13.5. The van der Waals surface area contributed by atoms with Crippen LogP contribution in [-0.2, 0) is 11.8 Å². The van der Waals surface area contributed by atoms with Crippen LogP contribution in [0.4, 0.5) is 5.95 Å². The second kappa shape index (κ2) is 5.96. The van der Waals surface area contributed by atoms with Crippen LogP contribution >= 0.6 is 0 Å². The molecule has 124 valence electrons. The van der Waals surface area contributed by atoms with E-state index in [4.69, 9.17) is 4.74 Å². The van der Waals surface area contributed by atoms with Gasteiger partial charge in [-0.05, 0) is 25.7 Å². The molecule has 0 unspecified atom stereocenters. The number of nitrogens with one attached hydrogen (secondary N) is 1. The average Bonchev–Trinajstić information content (AvgIpc) is 3.17.